The fourth-order valence-electron chi connectivity index (χ4n) is 4.07. The first-order valence-electron chi connectivity index (χ1n) is 10.8. The topological polar surface area (TPSA) is 73.2 Å². The van der Waals surface area contributed by atoms with E-state index in [1.807, 2.05) is 25.1 Å². The third-order valence-corrected chi connectivity index (χ3v) is 6.85. The molecule has 6 nitrogen and oxygen atoms in total. The molecule has 0 spiro atoms. The first-order chi connectivity index (χ1) is 15.5. The standard InChI is InChI=1S/C24H26ClN3O3S/c1-15-8-11-21(31-2)20(12-15)28-23(30)18-10-9-16(25)13-19(18)27-24(28)32-14-22(29)26-17-6-4-3-5-7-17/h8-13,17H,3-7,14H2,1-2H3,(H,26,29). The molecule has 1 N–H and O–H groups in total. The molecule has 32 heavy (non-hydrogen) atoms. The van der Waals surface area contributed by atoms with Crippen LogP contribution in [-0.4, -0.2) is 34.4 Å². The maximum Gasteiger partial charge on any atom is 0.266 e. The van der Waals surface area contributed by atoms with Crippen LogP contribution in [0, 0.1) is 6.92 Å². The fourth-order valence-corrected chi connectivity index (χ4v) is 5.05. The summed E-state index contributed by atoms with van der Waals surface area (Å²) >= 11 is 7.38. The van der Waals surface area contributed by atoms with Crippen molar-refractivity contribution in [2.24, 2.45) is 0 Å². The van der Waals surface area contributed by atoms with Crippen molar-refractivity contribution in [2.75, 3.05) is 12.9 Å². The van der Waals surface area contributed by atoms with E-state index in [0.29, 0.717) is 32.5 Å². The number of ether oxygens (including phenoxy) is 1. The number of nitrogens with zero attached hydrogens (tertiary/aromatic N) is 2. The SMILES string of the molecule is COc1ccc(C)cc1-n1c(SCC(=O)NC2CCCCC2)nc2cc(Cl)ccc2c1=O. The second-order valence-corrected chi connectivity index (χ2v) is 9.44. The number of hydrogen-bond acceptors (Lipinski definition) is 5. The lowest BCUT2D eigenvalue weighted by atomic mass is 9.95. The van der Waals surface area contributed by atoms with E-state index in [0.717, 1.165) is 31.2 Å². The van der Waals surface area contributed by atoms with Gasteiger partial charge in [-0.05, 0) is 55.7 Å². The number of aromatic nitrogens is 2. The quantitative estimate of drug-likeness (QED) is 0.409. The number of rotatable bonds is 6. The molecular formula is C24H26ClN3O3S. The predicted molar refractivity (Wildman–Crippen MR) is 129 cm³/mol. The first kappa shape index (κ1) is 22.7. The molecule has 0 unspecified atom stereocenters. The number of amides is 1. The van der Waals surface area contributed by atoms with Gasteiger partial charge in [0.05, 0.1) is 29.5 Å². The highest BCUT2D eigenvalue weighted by molar-refractivity contribution is 7.99. The van der Waals surface area contributed by atoms with Gasteiger partial charge in [-0.2, -0.15) is 0 Å². The number of fused-ring (bicyclic) bond motifs is 1. The highest BCUT2D eigenvalue weighted by Gasteiger charge is 2.20. The summed E-state index contributed by atoms with van der Waals surface area (Å²) in [7, 11) is 1.57. The van der Waals surface area contributed by atoms with Gasteiger partial charge >= 0.3 is 0 Å². The third-order valence-electron chi connectivity index (χ3n) is 5.68. The lowest BCUT2D eigenvalue weighted by Gasteiger charge is -2.22. The highest BCUT2D eigenvalue weighted by Crippen LogP contribution is 2.29. The molecular weight excluding hydrogens is 446 g/mol. The van der Waals surface area contributed by atoms with E-state index in [4.69, 9.17) is 21.3 Å². The van der Waals surface area contributed by atoms with E-state index in [1.54, 1.807) is 25.3 Å². The number of benzene rings is 2. The number of methoxy groups -OCH3 is 1. The van der Waals surface area contributed by atoms with Gasteiger partial charge in [0.15, 0.2) is 5.16 Å². The highest BCUT2D eigenvalue weighted by atomic mass is 35.5. The molecule has 0 atom stereocenters. The van der Waals surface area contributed by atoms with Crippen molar-refractivity contribution in [1.82, 2.24) is 14.9 Å². The number of hydrogen-bond donors (Lipinski definition) is 1. The lowest BCUT2D eigenvalue weighted by molar-refractivity contribution is -0.119. The molecule has 1 fully saturated rings. The van der Waals surface area contributed by atoms with Crippen molar-refractivity contribution in [3.63, 3.8) is 0 Å². The summed E-state index contributed by atoms with van der Waals surface area (Å²) in [4.78, 5) is 30.8. The summed E-state index contributed by atoms with van der Waals surface area (Å²) < 4.78 is 7.05. The summed E-state index contributed by atoms with van der Waals surface area (Å²) in [6, 6.07) is 10.9. The zero-order chi connectivity index (χ0) is 22.7. The Balaban J connectivity index is 1.73. The zero-order valence-corrected chi connectivity index (χ0v) is 19.8. The van der Waals surface area contributed by atoms with E-state index in [9.17, 15) is 9.59 Å². The number of halogens is 1. The second-order valence-electron chi connectivity index (χ2n) is 8.06. The largest absolute Gasteiger partial charge is 0.495 e. The Bertz CT molecular complexity index is 1210. The predicted octanol–water partition coefficient (Wildman–Crippen LogP) is 4.90. The maximum absolute atomic E-state index is 13.5. The van der Waals surface area contributed by atoms with Gasteiger partial charge in [0.1, 0.15) is 5.75 Å². The van der Waals surface area contributed by atoms with Gasteiger partial charge in [-0.1, -0.05) is 48.7 Å². The van der Waals surface area contributed by atoms with E-state index < -0.39 is 0 Å². The molecule has 168 valence electrons. The Hall–Kier alpha value is -2.51. The normalized spacial score (nSPS) is 14.5. The summed E-state index contributed by atoms with van der Waals surface area (Å²) in [6.07, 6.45) is 5.58. The Morgan fingerprint density at radius 2 is 2.00 bits per heavy atom. The van der Waals surface area contributed by atoms with Crippen LogP contribution in [0.15, 0.2) is 46.3 Å². The van der Waals surface area contributed by atoms with Crippen LogP contribution in [0.2, 0.25) is 5.02 Å². The summed E-state index contributed by atoms with van der Waals surface area (Å²) in [5.74, 6) is 0.676. The number of carbonyl (C=O) groups excluding carboxylic acids is 1. The molecule has 2 aromatic carbocycles. The van der Waals surface area contributed by atoms with Crippen LogP contribution in [0.1, 0.15) is 37.7 Å². The molecule has 1 aliphatic carbocycles. The molecule has 1 aliphatic rings. The smallest absolute Gasteiger partial charge is 0.266 e. The fraction of sp³-hybridized carbons (Fsp3) is 0.375. The van der Waals surface area contributed by atoms with Crippen molar-refractivity contribution in [3.8, 4) is 11.4 Å². The van der Waals surface area contributed by atoms with Gasteiger partial charge in [0.25, 0.3) is 5.56 Å². The minimum atomic E-state index is -0.231. The number of carbonyl (C=O) groups is 1. The van der Waals surface area contributed by atoms with Crippen LogP contribution in [0.5, 0.6) is 5.75 Å². The molecule has 1 saturated carbocycles. The zero-order valence-electron chi connectivity index (χ0n) is 18.2. The molecule has 1 aromatic heterocycles. The molecule has 1 heterocycles. The summed E-state index contributed by atoms with van der Waals surface area (Å²) in [6.45, 7) is 1.95. The first-order valence-corrected chi connectivity index (χ1v) is 12.1. The lowest BCUT2D eigenvalue weighted by Crippen LogP contribution is -2.37. The van der Waals surface area contributed by atoms with Gasteiger partial charge < -0.3 is 10.1 Å². The molecule has 0 radical (unpaired) electrons. The van der Waals surface area contributed by atoms with Gasteiger partial charge in [0.2, 0.25) is 5.91 Å². The van der Waals surface area contributed by atoms with Gasteiger partial charge in [-0.3, -0.25) is 14.2 Å². The van der Waals surface area contributed by atoms with Crippen molar-refractivity contribution in [3.05, 3.63) is 57.3 Å². The monoisotopic (exact) mass is 471 g/mol. The number of thioether (sulfide) groups is 1. The number of aryl methyl sites for hydroxylation is 1. The molecule has 0 saturated heterocycles. The van der Waals surface area contributed by atoms with Crippen molar-refractivity contribution >= 4 is 40.2 Å². The van der Waals surface area contributed by atoms with Gasteiger partial charge in [-0.15, -0.1) is 0 Å². The van der Waals surface area contributed by atoms with E-state index in [-0.39, 0.29) is 23.3 Å². The van der Waals surface area contributed by atoms with E-state index in [2.05, 4.69) is 5.32 Å². The van der Waals surface area contributed by atoms with Crippen molar-refractivity contribution < 1.29 is 9.53 Å². The average Bonchev–Trinajstić information content (AvgIpc) is 2.78. The van der Waals surface area contributed by atoms with Gasteiger partial charge in [-0.25, -0.2) is 4.98 Å². The third kappa shape index (κ3) is 4.94. The van der Waals surface area contributed by atoms with Crippen molar-refractivity contribution in [2.45, 2.75) is 50.2 Å². The number of nitrogens with one attached hydrogen (secondary N) is 1. The summed E-state index contributed by atoms with van der Waals surface area (Å²) in [5, 5.41) is 4.50. The Morgan fingerprint density at radius 3 is 2.75 bits per heavy atom. The molecule has 4 rings (SSSR count). The Labute approximate surface area is 196 Å². The van der Waals surface area contributed by atoms with Crippen LogP contribution in [0.25, 0.3) is 16.6 Å². The molecule has 1 amide bonds. The van der Waals surface area contributed by atoms with Crippen LogP contribution < -0.4 is 15.6 Å². The van der Waals surface area contributed by atoms with Crippen LogP contribution in [0.3, 0.4) is 0 Å². The van der Waals surface area contributed by atoms with Gasteiger partial charge in [0, 0.05) is 11.1 Å². The Kier molecular flexibility index (Phi) is 7.06. The Morgan fingerprint density at radius 1 is 1.22 bits per heavy atom. The second kappa shape index (κ2) is 9.96. The summed E-state index contributed by atoms with van der Waals surface area (Å²) in [5.41, 5.74) is 1.85. The molecule has 0 bridgehead atoms. The van der Waals surface area contributed by atoms with Crippen LogP contribution in [0.4, 0.5) is 0 Å². The van der Waals surface area contributed by atoms with Crippen LogP contribution >= 0.6 is 23.4 Å². The molecule has 3 aromatic rings. The average molecular weight is 472 g/mol. The van der Waals surface area contributed by atoms with Crippen LogP contribution in [-0.2, 0) is 4.79 Å². The minimum Gasteiger partial charge on any atom is -0.495 e. The minimum absolute atomic E-state index is 0.0508. The van der Waals surface area contributed by atoms with E-state index in [1.165, 1.54) is 22.7 Å². The maximum atomic E-state index is 13.5. The van der Waals surface area contributed by atoms with E-state index >= 15 is 0 Å². The van der Waals surface area contributed by atoms with Crippen molar-refractivity contribution in [1.29, 1.82) is 0 Å². The molecule has 0 aliphatic heterocycles. The molecule has 8 heteroatoms.